The average Bonchev–Trinajstić information content (AvgIpc) is 2.38. The molecule has 1 rings (SSSR count). The topological polar surface area (TPSA) is 58.2 Å². The summed E-state index contributed by atoms with van der Waals surface area (Å²) < 4.78 is 25.3. The van der Waals surface area contributed by atoms with Gasteiger partial charge in [0.2, 0.25) is 10.0 Å². The van der Waals surface area contributed by atoms with Crippen molar-refractivity contribution in [3.8, 4) is 0 Å². The van der Waals surface area contributed by atoms with Crippen molar-refractivity contribution in [2.45, 2.75) is 46.1 Å². The van der Waals surface area contributed by atoms with Crippen molar-refractivity contribution in [2.24, 2.45) is 5.92 Å². The number of benzene rings is 1. The van der Waals surface area contributed by atoms with Crippen LogP contribution in [0.25, 0.3) is 0 Å². The lowest BCUT2D eigenvalue weighted by atomic mass is 9.97. The fourth-order valence-electron chi connectivity index (χ4n) is 2.10. The zero-order valence-corrected chi connectivity index (χ0v) is 13.6. The number of sulfonamides is 1. The second kappa shape index (κ2) is 7.53. The van der Waals surface area contributed by atoms with Crippen LogP contribution in [0.2, 0.25) is 0 Å². The molecule has 2 atom stereocenters. The Kier molecular flexibility index (Phi) is 6.33. The maximum Gasteiger partial charge on any atom is 0.229 e. The lowest BCUT2D eigenvalue weighted by Crippen LogP contribution is -2.22. The first kappa shape index (κ1) is 16.8. The predicted molar refractivity (Wildman–Crippen MR) is 86.7 cm³/mol. The van der Waals surface area contributed by atoms with Gasteiger partial charge >= 0.3 is 0 Å². The monoisotopic (exact) mass is 298 g/mol. The fraction of sp³-hybridized carbons (Fsp3) is 0.600. The maximum absolute atomic E-state index is 11.4. The summed E-state index contributed by atoms with van der Waals surface area (Å²) in [4.78, 5) is 0. The van der Waals surface area contributed by atoms with Gasteiger partial charge in [0.05, 0.1) is 17.6 Å². The molecular formula is C15H26N2O2S. The van der Waals surface area contributed by atoms with Crippen molar-refractivity contribution in [3.63, 3.8) is 0 Å². The van der Waals surface area contributed by atoms with Crippen LogP contribution in [0.1, 0.15) is 40.0 Å². The van der Waals surface area contributed by atoms with Gasteiger partial charge in [0, 0.05) is 6.04 Å². The van der Waals surface area contributed by atoms with Gasteiger partial charge in [-0.2, -0.15) is 0 Å². The molecule has 0 fully saturated rings. The summed E-state index contributed by atoms with van der Waals surface area (Å²) in [5.74, 6) is 0.655. The largest absolute Gasteiger partial charge is 0.381 e. The quantitative estimate of drug-likeness (QED) is 0.769. The minimum absolute atomic E-state index is 0.354. The highest BCUT2D eigenvalue weighted by atomic mass is 32.2. The number of anilines is 2. The van der Waals surface area contributed by atoms with E-state index >= 15 is 0 Å². The Morgan fingerprint density at radius 2 is 1.70 bits per heavy atom. The molecule has 4 nitrogen and oxygen atoms in total. The van der Waals surface area contributed by atoms with Gasteiger partial charge in [-0.25, -0.2) is 8.42 Å². The number of nitrogens with one attached hydrogen (secondary N) is 2. The Bertz CT molecular complexity index is 514. The lowest BCUT2D eigenvalue weighted by Gasteiger charge is -2.23. The van der Waals surface area contributed by atoms with Gasteiger partial charge in [-0.15, -0.1) is 0 Å². The summed E-state index contributed by atoms with van der Waals surface area (Å²) in [6.07, 6.45) is 4.42. The average molecular weight is 298 g/mol. The molecule has 0 aliphatic rings. The Morgan fingerprint density at radius 1 is 1.10 bits per heavy atom. The van der Waals surface area contributed by atoms with E-state index in [0.717, 1.165) is 24.9 Å². The second-order valence-corrected chi connectivity index (χ2v) is 7.17. The van der Waals surface area contributed by atoms with Crippen molar-refractivity contribution < 1.29 is 8.42 Å². The Morgan fingerprint density at radius 3 is 2.20 bits per heavy atom. The summed E-state index contributed by atoms with van der Waals surface area (Å²) in [5, 5.41) is 3.46. The third-order valence-electron chi connectivity index (χ3n) is 3.46. The highest BCUT2D eigenvalue weighted by Gasteiger charge is 2.13. The van der Waals surface area contributed by atoms with E-state index in [1.807, 2.05) is 18.2 Å². The molecule has 20 heavy (non-hydrogen) atoms. The van der Waals surface area contributed by atoms with Gasteiger partial charge in [0.1, 0.15) is 0 Å². The zero-order valence-electron chi connectivity index (χ0n) is 12.8. The summed E-state index contributed by atoms with van der Waals surface area (Å²) in [6.45, 7) is 6.58. The predicted octanol–water partition coefficient (Wildman–Crippen LogP) is 3.68. The number of rotatable bonds is 8. The van der Waals surface area contributed by atoms with Crippen LogP contribution in [0, 0.1) is 5.92 Å². The fourth-order valence-corrected chi connectivity index (χ4v) is 2.68. The molecule has 0 bridgehead atoms. The van der Waals surface area contributed by atoms with E-state index in [1.165, 1.54) is 6.26 Å². The smallest absolute Gasteiger partial charge is 0.229 e. The van der Waals surface area contributed by atoms with E-state index in [9.17, 15) is 8.42 Å². The van der Waals surface area contributed by atoms with Crippen LogP contribution < -0.4 is 10.0 Å². The van der Waals surface area contributed by atoms with E-state index < -0.39 is 10.0 Å². The second-order valence-electron chi connectivity index (χ2n) is 5.42. The van der Waals surface area contributed by atoms with E-state index in [2.05, 4.69) is 30.8 Å². The first-order valence-corrected chi connectivity index (χ1v) is 9.08. The maximum atomic E-state index is 11.4. The molecule has 2 unspecified atom stereocenters. The van der Waals surface area contributed by atoms with Crippen LogP contribution in [0.5, 0.6) is 0 Å². The Labute approximate surface area is 123 Å². The van der Waals surface area contributed by atoms with Crippen LogP contribution >= 0.6 is 0 Å². The molecule has 0 aromatic heterocycles. The molecule has 1 aromatic rings. The summed E-state index contributed by atoms with van der Waals surface area (Å²) >= 11 is 0. The van der Waals surface area contributed by atoms with Crippen LogP contribution in [0.3, 0.4) is 0 Å². The van der Waals surface area contributed by atoms with Gasteiger partial charge in [-0.05, 0) is 30.9 Å². The normalized spacial score (nSPS) is 14.6. The Balaban J connectivity index is 2.85. The molecular weight excluding hydrogens is 272 g/mol. The molecule has 0 aliphatic heterocycles. The van der Waals surface area contributed by atoms with Gasteiger partial charge < -0.3 is 5.32 Å². The molecule has 0 saturated carbocycles. The van der Waals surface area contributed by atoms with Crippen molar-refractivity contribution >= 4 is 21.4 Å². The van der Waals surface area contributed by atoms with E-state index in [0.29, 0.717) is 17.6 Å². The third-order valence-corrected chi connectivity index (χ3v) is 4.05. The number of hydrogen-bond acceptors (Lipinski definition) is 3. The molecule has 0 heterocycles. The van der Waals surface area contributed by atoms with Crippen molar-refractivity contribution in [3.05, 3.63) is 24.3 Å². The van der Waals surface area contributed by atoms with Gasteiger partial charge in [-0.3, -0.25) is 4.72 Å². The van der Waals surface area contributed by atoms with Crippen molar-refractivity contribution in [1.82, 2.24) is 0 Å². The molecule has 1 aromatic carbocycles. The first-order chi connectivity index (χ1) is 9.35. The third kappa shape index (κ3) is 5.82. The van der Waals surface area contributed by atoms with Crippen LogP contribution in [-0.4, -0.2) is 20.7 Å². The standard InChI is InChI=1S/C15H26N2O2S/c1-5-12(3)11-13(6-2)16-14-9-7-8-10-15(14)17-20(4,18)19/h7-10,12-13,16-17H,5-6,11H2,1-4H3. The van der Waals surface area contributed by atoms with Crippen LogP contribution in [0.15, 0.2) is 24.3 Å². The van der Waals surface area contributed by atoms with E-state index in [4.69, 9.17) is 0 Å². The minimum Gasteiger partial charge on any atom is -0.381 e. The molecule has 0 aliphatic carbocycles. The summed E-state index contributed by atoms with van der Waals surface area (Å²) in [7, 11) is -3.26. The highest BCUT2D eigenvalue weighted by Crippen LogP contribution is 2.25. The van der Waals surface area contributed by atoms with E-state index in [-0.39, 0.29) is 0 Å². The molecule has 0 saturated heterocycles. The minimum atomic E-state index is -3.26. The molecule has 5 heteroatoms. The lowest BCUT2D eigenvalue weighted by molar-refractivity contribution is 0.462. The van der Waals surface area contributed by atoms with Gasteiger partial charge in [0.15, 0.2) is 0 Å². The van der Waals surface area contributed by atoms with E-state index in [1.54, 1.807) is 6.07 Å². The van der Waals surface area contributed by atoms with Gasteiger partial charge in [0.25, 0.3) is 0 Å². The van der Waals surface area contributed by atoms with Crippen molar-refractivity contribution in [1.29, 1.82) is 0 Å². The molecule has 0 amide bonds. The Hall–Kier alpha value is -1.23. The zero-order chi connectivity index (χ0) is 15.2. The summed E-state index contributed by atoms with van der Waals surface area (Å²) in [5.41, 5.74) is 1.45. The summed E-state index contributed by atoms with van der Waals surface area (Å²) in [6, 6.07) is 7.78. The SMILES string of the molecule is CCC(C)CC(CC)Nc1ccccc1NS(C)(=O)=O. The van der Waals surface area contributed by atoms with Crippen LogP contribution in [0.4, 0.5) is 11.4 Å². The molecule has 0 radical (unpaired) electrons. The van der Waals surface area contributed by atoms with Gasteiger partial charge in [-0.1, -0.05) is 39.3 Å². The number of hydrogen-bond donors (Lipinski definition) is 2. The first-order valence-electron chi connectivity index (χ1n) is 7.19. The molecule has 114 valence electrons. The number of para-hydroxylation sites is 2. The molecule has 2 N–H and O–H groups in total. The van der Waals surface area contributed by atoms with Crippen molar-refractivity contribution in [2.75, 3.05) is 16.3 Å². The van der Waals surface area contributed by atoms with Crippen LogP contribution in [-0.2, 0) is 10.0 Å². The molecule has 0 spiro atoms. The highest BCUT2D eigenvalue weighted by molar-refractivity contribution is 7.92.